The van der Waals surface area contributed by atoms with Crippen molar-refractivity contribution in [3.63, 3.8) is 0 Å². The van der Waals surface area contributed by atoms with Gasteiger partial charge in [0, 0.05) is 10.7 Å². The van der Waals surface area contributed by atoms with E-state index in [4.69, 9.17) is 10.7 Å². The molecule has 2 aliphatic carbocycles. The van der Waals surface area contributed by atoms with Crippen LogP contribution < -0.4 is 0 Å². The molecule has 0 unspecified atom stereocenters. The Hall–Kier alpha value is -0.810. The van der Waals surface area contributed by atoms with Crippen molar-refractivity contribution in [1.82, 2.24) is 4.31 Å². The summed E-state index contributed by atoms with van der Waals surface area (Å²) in [4.78, 5) is 12.2. The minimum absolute atomic E-state index is 0.346. The van der Waals surface area contributed by atoms with Crippen LogP contribution in [0.4, 0.5) is 0 Å². The summed E-state index contributed by atoms with van der Waals surface area (Å²) in [6.07, 6.45) is 10.2. The lowest BCUT2D eigenvalue weighted by atomic mass is 9.52. The van der Waals surface area contributed by atoms with Crippen LogP contribution in [0.5, 0.6) is 0 Å². The van der Waals surface area contributed by atoms with Gasteiger partial charge in [0.1, 0.15) is 0 Å². The van der Waals surface area contributed by atoms with Crippen LogP contribution >= 0.6 is 10.7 Å². The Morgan fingerprint density at radius 1 is 1.06 bits per heavy atom. The predicted molar refractivity (Wildman–Crippen MR) is 63.5 cm³/mol. The second-order valence-electron chi connectivity index (χ2n) is 4.88. The monoisotopic (exact) mass is 273 g/mol. The van der Waals surface area contributed by atoms with Crippen molar-refractivity contribution in [3.8, 4) is 0 Å². The summed E-state index contributed by atoms with van der Waals surface area (Å²) < 4.78 is 24.0. The smallest absolute Gasteiger partial charge is 0.273 e. The molecule has 1 saturated heterocycles. The van der Waals surface area contributed by atoms with Crippen molar-refractivity contribution in [2.24, 2.45) is 5.41 Å². The average Bonchev–Trinajstić information content (AvgIpc) is 2.25. The molecule has 92 valence electrons. The van der Waals surface area contributed by atoms with Gasteiger partial charge in [0.05, 0.1) is 11.0 Å². The van der Waals surface area contributed by atoms with E-state index < -0.39 is 20.2 Å². The quantitative estimate of drug-likeness (QED) is 0.415. The molecule has 1 amide bonds. The molecule has 0 bridgehead atoms. The molecule has 0 N–H and O–H groups in total. The van der Waals surface area contributed by atoms with Crippen LogP contribution in [0.3, 0.4) is 0 Å². The average molecular weight is 274 g/mol. The maximum absolute atomic E-state index is 12.2. The maximum Gasteiger partial charge on any atom is 0.324 e. The molecule has 0 aromatic heterocycles. The van der Waals surface area contributed by atoms with Gasteiger partial charge in [0.25, 0.3) is 0 Å². The fourth-order valence-corrected chi connectivity index (χ4v) is 5.14. The molecule has 17 heavy (non-hydrogen) atoms. The van der Waals surface area contributed by atoms with Crippen molar-refractivity contribution in [2.75, 3.05) is 0 Å². The van der Waals surface area contributed by atoms with Gasteiger partial charge in [-0.3, -0.25) is 4.79 Å². The first-order valence-electron chi connectivity index (χ1n) is 5.54. The van der Waals surface area contributed by atoms with E-state index in [0.717, 1.165) is 4.31 Å². The number of hydrogen-bond donors (Lipinski definition) is 0. The van der Waals surface area contributed by atoms with Gasteiger partial charge in [0.15, 0.2) is 0 Å². The van der Waals surface area contributed by atoms with Gasteiger partial charge in [-0.25, -0.2) is 4.31 Å². The number of β-lactam (4-membered cyclic amide) rings is 1. The fraction of sp³-hybridized carbons (Fsp3) is 0.545. The van der Waals surface area contributed by atoms with E-state index in [-0.39, 0.29) is 5.91 Å². The Morgan fingerprint density at radius 2 is 1.53 bits per heavy atom. The zero-order valence-electron chi connectivity index (χ0n) is 9.10. The molecule has 0 aromatic rings. The van der Waals surface area contributed by atoms with Crippen LogP contribution in [0.15, 0.2) is 24.3 Å². The third-order valence-electron chi connectivity index (χ3n) is 4.27. The Balaban J connectivity index is 2.17. The molecular weight excluding hydrogens is 262 g/mol. The molecule has 1 aliphatic heterocycles. The minimum Gasteiger partial charge on any atom is -0.273 e. The van der Waals surface area contributed by atoms with Gasteiger partial charge in [-0.1, -0.05) is 24.3 Å². The number of carbonyl (C=O) groups excluding carboxylic acids is 1. The normalized spacial score (nSPS) is 39.6. The first-order valence-corrected chi connectivity index (χ1v) is 7.80. The third kappa shape index (κ3) is 1.14. The van der Waals surface area contributed by atoms with Crippen molar-refractivity contribution in [2.45, 2.75) is 31.2 Å². The third-order valence-corrected chi connectivity index (χ3v) is 5.63. The lowest BCUT2D eigenvalue weighted by Gasteiger charge is -2.65. The number of nitrogens with zero attached hydrogens (tertiary/aromatic N) is 1. The first kappa shape index (κ1) is 11.3. The van der Waals surface area contributed by atoms with E-state index in [1.54, 1.807) is 0 Å². The second kappa shape index (κ2) is 3.14. The predicted octanol–water partition coefficient (Wildman–Crippen LogP) is 1.74. The zero-order valence-corrected chi connectivity index (χ0v) is 10.7. The van der Waals surface area contributed by atoms with Crippen molar-refractivity contribution >= 4 is 25.8 Å². The molecule has 1 heterocycles. The highest BCUT2D eigenvalue weighted by Crippen LogP contribution is 2.62. The van der Waals surface area contributed by atoms with Crippen LogP contribution in [-0.4, -0.2) is 24.2 Å². The van der Waals surface area contributed by atoms with E-state index in [0.29, 0.717) is 25.7 Å². The maximum atomic E-state index is 12.2. The van der Waals surface area contributed by atoms with E-state index in [9.17, 15) is 13.2 Å². The summed E-state index contributed by atoms with van der Waals surface area (Å²) >= 11 is 0. The zero-order chi connectivity index (χ0) is 12.3. The number of rotatable bonds is 1. The van der Waals surface area contributed by atoms with Gasteiger partial charge < -0.3 is 0 Å². The van der Waals surface area contributed by atoms with Gasteiger partial charge >= 0.3 is 9.24 Å². The fourth-order valence-electron chi connectivity index (χ4n) is 3.44. The molecule has 3 aliphatic rings. The lowest BCUT2D eigenvalue weighted by molar-refractivity contribution is -0.178. The molecule has 3 rings (SSSR count). The number of halogens is 1. The van der Waals surface area contributed by atoms with Crippen molar-refractivity contribution < 1.29 is 13.2 Å². The van der Waals surface area contributed by atoms with Crippen LogP contribution in [-0.2, 0) is 14.0 Å². The van der Waals surface area contributed by atoms with Crippen LogP contribution in [0, 0.1) is 5.41 Å². The van der Waals surface area contributed by atoms with Crippen LogP contribution in [0.2, 0.25) is 0 Å². The van der Waals surface area contributed by atoms with Crippen molar-refractivity contribution in [1.29, 1.82) is 0 Å². The molecule has 0 saturated carbocycles. The Bertz CT molecular complexity index is 531. The SMILES string of the molecule is O=C1N(S(=O)(=O)Cl)C23CC=CCC12CC=CC3. The summed E-state index contributed by atoms with van der Waals surface area (Å²) in [5.74, 6) is -0.346. The number of amides is 1. The summed E-state index contributed by atoms with van der Waals surface area (Å²) in [5, 5.41) is 0. The van der Waals surface area contributed by atoms with Gasteiger partial charge in [-0.05, 0) is 25.7 Å². The highest BCUT2D eigenvalue weighted by atomic mass is 35.7. The Labute approximate surface area is 104 Å². The molecule has 0 radical (unpaired) electrons. The lowest BCUT2D eigenvalue weighted by Crippen LogP contribution is -2.79. The molecule has 1 fully saturated rings. The Kier molecular flexibility index (Phi) is 2.09. The summed E-state index contributed by atoms with van der Waals surface area (Å²) in [6.45, 7) is 0. The van der Waals surface area contributed by atoms with Crippen LogP contribution in [0.25, 0.3) is 0 Å². The number of carbonyl (C=O) groups is 1. The molecular formula is C11H12ClNO3S. The van der Waals surface area contributed by atoms with E-state index in [2.05, 4.69) is 0 Å². The second-order valence-corrected chi connectivity index (χ2v) is 7.24. The van der Waals surface area contributed by atoms with E-state index in [1.807, 2.05) is 24.3 Å². The topological polar surface area (TPSA) is 54.5 Å². The van der Waals surface area contributed by atoms with E-state index in [1.165, 1.54) is 0 Å². The summed E-state index contributed by atoms with van der Waals surface area (Å²) in [5.41, 5.74) is -1.22. The number of allylic oxidation sites excluding steroid dienone is 2. The minimum atomic E-state index is -3.98. The highest BCUT2D eigenvalue weighted by Gasteiger charge is 2.73. The number of hydrogen-bond acceptors (Lipinski definition) is 3. The standard InChI is InChI=1S/C11H12ClNO3S/c12-17(15,16)13-9(14)10-5-1-3-7-11(10,13)8-4-2-6-10/h1-4H,5-8H2. The highest BCUT2D eigenvalue weighted by molar-refractivity contribution is 8.12. The molecule has 6 heteroatoms. The van der Waals surface area contributed by atoms with E-state index >= 15 is 0 Å². The largest absolute Gasteiger partial charge is 0.324 e. The molecule has 0 atom stereocenters. The van der Waals surface area contributed by atoms with Gasteiger partial charge in [0.2, 0.25) is 5.91 Å². The Morgan fingerprint density at radius 3 is 2.00 bits per heavy atom. The van der Waals surface area contributed by atoms with Crippen molar-refractivity contribution in [3.05, 3.63) is 24.3 Å². The first-order chi connectivity index (χ1) is 7.94. The van der Waals surface area contributed by atoms with Gasteiger partial charge in [-0.2, -0.15) is 8.42 Å². The summed E-state index contributed by atoms with van der Waals surface area (Å²) in [6, 6.07) is 0. The molecule has 0 aromatic carbocycles. The van der Waals surface area contributed by atoms with Gasteiger partial charge in [-0.15, -0.1) is 0 Å². The molecule has 4 nitrogen and oxygen atoms in total. The van der Waals surface area contributed by atoms with Crippen LogP contribution in [0.1, 0.15) is 25.7 Å². The summed E-state index contributed by atoms with van der Waals surface area (Å²) in [7, 11) is 1.41. The molecule has 0 spiro atoms.